The number of fused-ring (bicyclic) bond motifs is 1. The molecule has 1 aromatic heterocycles. The van der Waals surface area contributed by atoms with E-state index in [4.69, 9.17) is 20.8 Å². The summed E-state index contributed by atoms with van der Waals surface area (Å²) in [7, 11) is 0. The molecular weight excluding hydrogens is 514 g/mol. The third-order valence-corrected chi connectivity index (χ3v) is 5.31. The zero-order valence-electron chi connectivity index (χ0n) is 16.8. The number of hydrogen-bond donors (Lipinski definition) is 1. The van der Waals surface area contributed by atoms with E-state index in [0.717, 1.165) is 10.0 Å². The third kappa shape index (κ3) is 5.57. The number of carbonyl (C=O) groups is 1. The van der Waals surface area contributed by atoms with Crippen molar-refractivity contribution in [2.24, 2.45) is 5.10 Å². The minimum atomic E-state index is -0.512. The summed E-state index contributed by atoms with van der Waals surface area (Å²) in [5, 5.41) is 16.0. The molecule has 3 aromatic carbocycles. The summed E-state index contributed by atoms with van der Waals surface area (Å²) >= 11 is 9.36. The van der Waals surface area contributed by atoms with Gasteiger partial charge in [0.15, 0.2) is 5.76 Å². The molecule has 0 fully saturated rings. The Hall–Kier alpha value is -3.69. The van der Waals surface area contributed by atoms with Gasteiger partial charge >= 0.3 is 5.91 Å². The van der Waals surface area contributed by atoms with Gasteiger partial charge in [-0.05, 0) is 60.2 Å². The van der Waals surface area contributed by atoms with Gasteiger partial charge in [0.2, 0.25) is 0 Å². The van der Waals surface area contributed by atoms with Crippen molar-refractivity contribution in [3.8, 4) is 5.75 Å². The molecule has 33 heavy (non-hydrogen) atoms. The van der Waals surface area contributed by atoms with Crippen molar-refractivity contribution < 1.29 is 18.9 Å². The number of ether oxygens (including phenoxy) is 1. The first-order valence-electron chi connectivity index (χ1n) is 9.57. The molecule has 10 heteroatoms. The highest BCUT2D eigenvalue weighted by atomic mass is 79.9. The summed E-state index contributed by atoms with van der Waals surface area (Å²) in [6.45, 7) is 0.203. The Balaban J connectivity index is 1.44. The number of nitro groups is 1. The van der Waals surface area contributed by atoms with Gasteiger partial charge in [0.1, 0.15) is 17.9 Å². The van der Waals surface area contributed by atoms with Crippen molar-refractivity contribution in [2.45, 2.75) is 6.61 Å². The minimum absolute atomic E-state index is 0.0125. The molecule has 0 bridgehead atoms. The molecule has 0 radical (unpaired) electrons. The average Bonchev–Trinajstić information content (AvgIpc) is 3.22. The van der Waals surface area contributed by atoms with E-state index in [1.807, 2.05) is 0 Å². The Morgan fingerprint density at radius 2 is 1.94 bits per heavy atom. The largest absolute Gasteiger partial charge is 0.488 e. The van der Waals surface area contributed by atoms with Crippen LogP contribution in [-0.2, 0) is 6.61 Å². The maximum Gasteiger partial charge on any atom is 0.307 e. The van der Waals surface area contributed by atoms with Crippen molar-refractivity contribution in [3.63, 3.8) is 0 Å². The number of hydrogen-bond acceptors (Lipinski definition) is 6. The number of halogens is 2. The minimum Gasteiger partial charge on any atom is -0.488 e. The zero-order valence-corrected chi connectivity index (χ0v) is 19.2. The maximum absolute atomic E-state index is 12.4. The molecule has 1 heterocycles. The summed E-state index contributed by atoms with van der Waals surface area (Å²) in [5.41, 5.74) is 4.37. The fourth-order valence-electron chi connectivity index (χ4n) is 2.97. The first-order valence-corrected chi connectivity index (χ1v) is 10.7. The summed E-state index contributed by atoms with van der Waals surface area (Å²) in [4.78, 5) is 22.7. The second-order valence-corrected chi connectivity index (χ2v) is 8.24. The van der Waals surface area contributed by atoms with Gasteiger partial charge in [-0.2, -0.15) is 5.10 Å². The normalized spacial score (nSPS) is 11.1. The van der Waals surface area contributed by atoms with E-state index in [9.17, 15) is 14.9 Å². The van der Waals surface area contributed by atoms with E-state index in [-0.39, 0.29) is 18.1 Å². The lowest BCUT2D eigenvalue weighted by Crippen LogP contribution is -2.16. The van der Waals surface area contributed by atoms with E-state index >= 15 is 0 Å². The zero-order chi connectivity index (χ0) is 23.4. The molecular formula is C23H15BrClN3O5. The van der Waals surface area contributed by atoms with Crippen LogP contribution >= 0.6 is 27.5 Å². The molecule has 4 rings (SSSR count). The van der Waals surface area contributed by atoms with Crippen molar-refractivity contribution in [2.75, 3.05) is 0 Å². The Kier molecular flexibility index (Phi) is 6.71. The first-order chi connectivity index (χ1) is 15.9. The predicted octanol–water partition coefficient (Wildman–Crippen LogP) is 6.10. The number of furan rings is 1. The van der Waals surface area contributed by atoms with Crippen LogP contribution in [0.3, 0.4) is 0 Å². The molecule has 0 unspecified atom stereocenters. The topological polar surface area (TPSA) is 107 Å². The van der Waals surface area contributed by atoms with E-state index in [2.05, 4.69) is 26.5 Å². The molecule has 0 saturated carbocycles. The van der Waals surface area contributed by atoms with Gasteiger partial charge in [0.25, 0.3) is 5.69 Å². The van der Waals surface area contributed by atoms with Crippen LogP contribution in [0.25, 0.3) is 11.0 Å². The van der Waals surface area contributed by atoms with Crippen LogP contribution in [0.2, 0.25) is 5.02 Å². The van der Waals surface area contributed by atoms with E-state index in [0.29, 0.717) is 27.3 Å². The standard InChI is InChI=1S/C23H15BrClN3O5/c24-17-3-7-20(32-13-14-1-5-19(6-2-14)28(30)31)16(9-17)12-26-27-23(29)22-11-15-10-18(25)4-8-21(15)33-22/h1-12H,13H2,(H,27,29)/b26-12+. The molecule has 0 aliphatic carbocycles. The lowest BCUT2D eigenvalue weighted by molar-refractivity contribution is -0.384. The third-order valence-electron chi connectivity index (χ3n) is 4.59. The first kappa shape index (κ1) is 22.5. The van der Waals surface area contributed by atoms with Crippen LogP contribution in [0, 0.1) is 10.1 Å². The van der Waals surface area contributed by atoms with Crippen molar-refractivity contribution in [1.82, 2.24) is 5.43 Å². The maximum atomic E-state index is 12.4. The van der Waals surface area contributed by atoms with Crippen LogP contribution in [0.5, 0.6) is 5.75 Å². The van der Waals surface area contributed by atoms with Crippen molar-refractivity contribution in [1.29, 1.82) is 0 Å². The Morgan fingerprint density at radius 3 is 2.70 bits per heavy atom. The van der Waals surface area contributed by atoms with E-state index in [1.54, 1.807) is 54.6 Å². The van der Waals surface area contributed by atoms with E-state index in [1.165, 1.54) is 18.3 Å². The number of rotatable bonds is 7. The number of nitrogens with zero attached hydrogens (tertiary/aromatic N) is 2. The van der Waals surface area contributed by atoms with Crippen LogP contribution in [0.15, 0.2) is 80.7 Å². The SMILES string of the molecule is O=C(N/N=C/c1cc(Br)ccc1OCc1ccc([N+](=O)[O-])cc1)c1cc2cc(Cl)ccc2o1. The number of hydrazone groups is 1. The number of amides is 1. The van der Waals surface area contributed by atoms with Gasteiger partial charge in [-0.3, -0.25) is 14.9 Å². The van der Waals surface area contributed by atoms with Crippen LogP contribution in [0.1, 0.15) is 21.7 Å². The highest BCUT2D eigenvalue weighted by Crippen LogP contribution is 2.24. The van der Waals surface area contributed by atoms with Gasteiger partial charge in [0, 0.05) is 32.6 Å². The van der Waals surface area contributed by atoms with Gasteiger partial charge in [-0.25, -0.2) is 5.43 Å². The Morgan fingerprint density at radius 1 is 1.15 bits per heavy atom. The monoisotopic (exact) mass is 527 g/mol. The van der Waals surface area contributed by atoms with E-state index < -0.39 is 10.8 Å². The van der Waals surface area contributed by atoms with Gasteiger partial charge < -0.3 is 9.15 Å². The predicted molar refractivity (Wildman–Crippen MR) is 128 cm³/mol. The van der Waals surface area contributed by atoms with Crippen molar-refractivity contribution in [3.05, 3.63) is 103 Å². The second kappa shape index (κ2) is 9.85. The summed E-state index contributed by atoms with van der Waals surface area (Å²) in [5.74, 6) is 0.114. The molecule has 0 aliphatic rings. The Labute approximate surface area is 201 Å². The molecule has 1 N–H and O–H groups in total. The molecule has 166 valence electrons. The highest BCUT2D eigenvalue weighted by Gasteiger charge is 2.12. The van der Waals surface area contributed by atoms with Crippen LogP contribution in [0.4, 0.5) is 5.69 Å². The molecule has 0 aliphatic heterocycles. The fraction of sp³-hybridized carbons (Fsp3) is 0.0435. The lowest BCUT2D eigenvalue weighted by atomic mass is 10.2. The molecule has 8 nitrogen and oxygen atoms in total. The molecule has 4 aromatic rings. The second-order valence-electron chi connectivity index (χ2n) is 6.89. The summed E-state index contributed by atoms with van der Waals surface area (Å²) in [6, 6.07) is 18.1. The number of non-ortho nitro benzene ring substituents is 1. The number of nitrogens with one attached hydrogen (secondary N) is 1. The summed E-state index contributed by atoms with van der Waals surface area (Å²) in [6.07, 6.45) is 1.45. The smallest absolute Gasteiger partial charge is 0.307 e. The Bertz CT molecular complexity index is 1370. The van der Waals surface area contributed by atoms with Gasteiger partial charge in [-0.1, -0.05) is 27.5 Å². The average molecular weight is 529 g/mol. The summed E-state index contributed by atoms with van der Waals surface area (Å²) < 4.78 is 12.2. The van der Waals surface area contributed by atoms with Crippen molar-refractivity contribution >= 4 is 56.3 Å². The molecule has 0 spiro atoms. The van der Waals surface area contributed by atoms with Crippen LogP contribution in [-0.4, -0.2) is 17.0 Å². The quantitative estimate of drug-likeness (QED) is 0.177. The van der Waals surface area contributed by atoms with Gasteiger partial charge in [0.05, 0.1) is 11.1 Å². The van der Waals surface area contributed by atoms with Crippen LogP contribution < -0.4 is 10.2 Å². The highest BCUT2D eigenvalue weighted by molar-refractivity contribution is 9.10. The fourth-order valence-corrected chi connectivity index (χ4v) is 3.53. The number of nitro benzene ring substituents is 1. The molecule has 1 amide bonds. The number of carbonyl (C=O) groups excluding carboxylic acids is 1. The number of benzene rings is 3. The van der Waals surface area contributed by atoms with Gasteiger partial charge in [-0.15, -0.1) is 0 Å². The molecule has 0 saturated heterocycles. The molecule has 0 atom stereocenters. The lowest BCUT2D eigenvalue weighted by Gasteiger charge is -2.09.